The van der Waals surface area contributed by atoms with E-state index in [1.165, 1.54) is 21.3 Å². The van der Waals surface area contributed by atoms with Crippen molar-refractivity contribution < 1.29 is 0 Å². The zero-order valence-corrected chi connectivity index (χ0v) is 14.5. The van der Waals surface area contributed by atoms with Crippen LogP contribution in [0.5, 0.6) is 0 Å². The number of hydrogen-bond acceptors (Lipinski definition) is 3. The Balaban J connectivity index is 1.74. The number of aryl methyl sites for hydroxylation is 1. The molecule has 4 heteroatoms. The summed E-state index contributed by atoms with van der Waals surface area (Å²) >= 11 is 1.66. The van der Waals surface area contributed by atoms with Gasteiger partial charge in [-0.2, -0.15) is 0 Å². The van der Waals surface area contributed by atoms with Crippen LogP contribution in [0.3, 0.4) is 0 Å². The molecule has 0 saturated heterocycles. The van der Waals surface area contributed by atoms with Crippen LogP contribution in [0.25, 0.3) is 21.3 Å². The summed E-state index contributed by atoms with van der Waals surface area (Å²) in [4.78, 5) is 0.899. The Labute approximate surface area is 149 Å². The Morgan fingerprint density at radius 1 is 0.680 bits per heavy atom. The van der Waals surface area contributed by atoms with Crippen molar-refractivity contribution in [2.45, 2.75) is 0 Å². The summed E-state index contributed by atoms with van der Waals surface area (Å²) in [6, 6.07) is 25.1. The lowest BCUT2D eigenvalue weighted by Crippen LogP contribution is -2.09. The van der Waals surface area contributed by atoms with E-state index in [4.69, 9.17) is 0 Å². The van der Waals surface area contributed by atoms with Gasteiger partial charge in [-0.15, -0.1) is 10.2 Å². The van der Waals surface area contributed by atoms with Gasteiger partial charge in [0.2, 0.25) is 4.80 Å². The quantitative estimate of drug-likeness (QED) is 0.400. The number of aromatic nitrogens is 1. The Kier molecular flexibility index (Phi) is 3.18. The van der Waals surface area contributed by atoms with E-state index in [0.29, 0.717) is 0 Å². The average molecular weight is 341 g/mol. The summed E-state index contributed by atoms with van der Waals surface area (Å²) in [5.74, 6) is 0. The highest BCUT2D eigenvalue weighted by molar-refractivity contribution is 7.16. The minimum atomic E-state index is 0.899. The summed E-state index contributed by atoms with van der Waals surface area (Å²) in [6.07, 6.45) is 0. The molecule has 0 atom stereocenters. The van der Waals surface area contributed by atoms with Crippen molar-refractivity contribution >= 4 is 27.3 Å². The minimum absolute atomic E-state index is 0.899. The van der Waals surface area contributed by atoms with Gasteiger partial charge in [0, 0.05) is 18.2 Å². The fraction of sp³-hybridized carbons (Fsp3) is 0.0476. The molecule has 0 amide bonds. The Morgan fingerprint density at radius 3 is 1.88 bits per heavy atom. The second-order valence-electron chi connectivity index (χ2n) is 6.05. The van der Waals surface area contributed by atoms with Crippen molar-refractivity contribution in [3.05, 3.63) is 88.7 Å². The molecule has 0 N–H and O–H groups in total. The van der Waals surface area contributed by atoms with Gasteiger partial charge in [-0.05, 0) is 23.3 Å². The summed E-state index contributed by atoms with van der Waals surface area (Å²) in [5, 5.41) is 9.26. The fourth-order valence-electron chi connectivity index (χ4n) is 3.37. The molecule has 1 aliphatic carbocycles. The molecule has 1 aliphatic rings. The van der Waals surface area contributed by atoms with Crippen molar-refractivity contribution in [3.63, 3.8) is 0 Å². The number of benzene rings is 3. The molecule has 5 rings (SSSR count). The maximum atomic E-state index is 4.66. The van der Waals surface area contributed by atoms with Gasteiger partial charge >= 0.3 is 0 Å². The third-order valence-electron chi connectivity index (χ3n) is 4.60. The molecule has 3 nitrogen and oxygen atoms in total. The number of nitrogens with zero attached hydrogens (tertiary/aromatic N) is 3. The monoisotopic (exact) mass is 341 g/mol. The smallest absolute Gasteiger partial charge is 0.211 e. The van der Waals surface area contributed by atoms with Gasteiger partial charge in [-0.1, -0.05) is 72.0 Å². The zero-order valence-electron chi connectivity index (χ0n) is 13.7. The summed E-state index contributed by atoms with van der Waals surface area (Å²) in [6.45, 7) is 0. The maximum absolute atomic E-state index is 4.66. The van der Waals surface area contributed by atoms with E-state index in [1.54, 1.807) is 11.3 Å². The fourth-order valence-corrected chi connectivity index (χ4v) is 4.34. The van der Waals surface area contributed by atoms with Gasteiger partial charge in [0.05, 0.1) is 10.2 Å². The van der Waals surface area contributed by atoms with Crippen molar-refractivity contribution in [2.24, 2.45) is 17.3 Å². The Bertz CT molecular complexity index is 1160. The summed E-state index contributed by atoms with van der Waals surface area (Å²) in [7, 11) is 2.04. The molecule has 0 bridgehead atoms. The van der Waals surface area contributed by atoms with E-state index >= 15 is 0 Å². The first-order valence-corrected chi connectivity index (χ1v) is 9.00. The largest absolute Gasteiger partial charge is 0.318 e. The van der Waals surface area contributed by atoms with Crippen LogP contribution < -0.4 is 4.80 Å². The molecular weight excluding hydrogens is 326 g/mol. The number of rotatable bonds is 1. The molecule has 0 radical (unpaired) electrons. The van der Waals surface area contributed by atoms with Crippen molar-refractivity contribution in [3.8, 4) is 11.1 Å². The van der Waals surface area contributed by atoms with Crippen molar-refractivity contribution in [1.82, 2.24) is 4.57 Å². The van der Waals surface area contributed by atoms with Gasteiger partial charge in [-0.25, -0.2) is 0 Å². The minimum Gasteiger partial charge on any atom is -0.318 e. The van der Waals surface area contributed by atoms with E-state index in [1.807, 2.05) is 13.1 Å². The van der Waals surface area contributed by atoms with E-state index in [9.17, 15) is 0 Å². The summed E-state index contributed by atoms with van der Waals surface area (Å²) < 4.78 is 3.31. The van der Waals surface area contributed by atoms with Crippen LogP contribution in [0.2, 0.25) is 0 Å². The Hall–Kier alpha value is -2.98. The molecule has 25 heavy (non-hydrogen) atoms. The molecule has 4 aromatic rings. The third-order valence-corrected chi connectivity index (χ3v) is 5.71. The molecule has 0 unspecified atom stereocenters. The van der Waals surface area contributed by atoms with Gasteiger partial charge in [-0.3, -0.25) is 0 Å². The van der Waals surface area contributed by atoms with Gasteiger partial charge in [0.15, 0.2) is 0 Å². The van der Waals surface area contributed by atoms with E-state index in [0.717, 1.165) is 21.6 Å². The summed E-state index contributed by atoms with van der Waals surface area (Å²) in [5.41, 5.74) is 6.88. The molecule has 120 valence electrons. The molecule has 1 aromatic heterocycles. The molecule has 0 spiro atoms. The lowest BCUT2D eigenvalue weighted by atomic mass is 10.1. The molecular formula is C21H15N3S. The van der Waals surface area contributed by atoms with Crippen molar-refractivity contribution in [1.29, 1.82) is 0 Å². The van der Waals surface area contributed by atoms with Crippen LogP contribution in [0.1, 0.15) is 11.1 Å². The predicted octanol–water partition coefficient (Wildman–Crippen LogP) is 4.57. The van der Waals surface area contributed by atoms with Crippen LogP contribution in [0.4, 0.5) is 0 Å². The highest BCUT2D eigenvalue weighted by Crippen LogP contribution is 2.36. The second kappa shape index (κ2) is 5.53. The van der Waals surface area contributed by atoms with Crippen LogP contribution in [-0.2, 0) is 7.05 Å². The van der Waals surface area contributed by atoms with E-state index in [2.05, 4.69) is 81.5 Å². The normalized spacial score (nSPS) is 13.2. The average Bonchev–Trinajstić information content (AvgIpc) is 3.16. The topological polar surface area (TPSA) is 29.6 Å². The highest BCUT2D eigenvalue weighted by atomic mass is 32.1. The number of fused-ring (bicyclic) bond motifs is 4. The highest BCUT2D eigenvalue weighted by Gasteiger charge is 2.23. The second-order valence-corrected chi connectivity index (χ2v) is 7.06. The lowest BCUT2D eigenvalue weighted by Gasteiger charge is -1.98. The zero-order chi connectivity index (χ0) is 16.8. The Morgan fingerprint density at radius 2 is 1.24 bits per heavy atom. The van der Waals surface area contributed by atoms with E-state index in [-0.39, 0.29) is 0 Å². The van der Waals surface area contributed by atoms with E-state index < -0.39 is 0 Å². The molecule has 3 aromatic carbocycles. The number of thiazole rings is 1. The first-order chi connectivity index (χ1) is 12.3. The molecule has 1 heterocycles. The molecule has 0 aliphatic heterocycles. The van der Waals surface area contributed by atoms with Crippen LogP contribution in [0.15, 0.2) is 83.0 Å². The first kappa shape index (κ1) is 14.4. The van der Waals surface area contributed by atoms with Crippen LogP contribution >= 0.6 is 11.3 Å². The van der Waals surface area contributed by atoms with Gasteiger partial charge in [0.25, 0.3) is 0 Å². The third kappa shape index (κ3) is 2.18. The van der Waals surface area contributed by atoms with Gasteiger partial charge in [0.1, 0.15) is 5.71 Å². The SMILES string of the molecule is Cn1c(=NN=C2c3ccccc3-c3ccccc32)sc2ccccc21. The standard InChI is InChI=1S/C21H15N3S/c1-24-18-12-6-7-13-19(18)25-21(24)23-22-20-16-10-4-2-8-14(16)15-9-3-5-11-17(15)20/h2-13H,1H3. The van der Waals surface area contributed by atoms with Crippen molar-refractivity contribution in [2.75, 3.05) is 0 Å². The maximum Gasteiger partial charge on any atom is 0.211 e. The predicted molar refractivity (Wildman–Crippen MR) is 104 cm³/mol. The number of para-hydroxylation sites is 1. The van der Waals surface area contributed by atoms with Crippen LogP contribution in [0, 0.1) is 0 Å². The van der Waals surface area contributed by atoms with Gasteiger partial charge < -0.3 is 4.57 Å². The lowest BCUT2D eigenvalue weighted by molar-refractivity contribution is 0.888. The number of hydrogen-bond donors (Lipinski definition) is 0. The molecule has 0 fully saturated rings. The van der Waals surface area contributed by atoms with Crippen LogP contribution in [-0.4, -0.2) is 10.3 Å². The molecule has 0 saturated carbocycles. The first-order valence-electron chi connectivity index (χ1n) is 8.18.